The summed E-state index contributed by atoms with van der Waals surface area (Å²) in [5.41, 5.74) is -2.75. The minimum absolute atomic E-state index is 0.0287. The van der Waals surface area contributed by atoms with E-state index in [-0.39, 0.29) is 19.8 Å². The van der Waals surface area contributed by atoms with Crippen molar-refractivity contribution in [1.82, 2.24) is 4.90 Å². The standard InChI is InChI=1S/C16H29FNO6P/c1-8-22-25(20,23-9-2)13(17)10-12-11-21-16(6,7)18(12)14(19)24-15(3,4)5/h10,12H,8-9,11H2,1-7H3/b13-10+/t12-/m0/s1. The maximum absolute atomic E-state index is 14.6. The van der Waals surface area contributed by atoms with E-state index in [1.165, 1.54) is 4.90 Å². The fraction of sp³-hybridized carbons (Fsp3) is 0.812. The van der Waals surface area contributed by atoms with Crippen molar-refractivity contribution in [1.29, 1.82) is 0 Å². The highest BCUT2D eigenvalue weighted by Crippen LogP contribution is 2.57. The Bertz CT molecular complexity index is 547. The molecule has 1 atom stereocenters. The summed E-state index contributed by atoms with van der Waals surface area (Å²) in [5.74, 6) is 0. The van der Waals surface area contributed by atoms with E-state index >= 15 is 0 Å². The van der Waals surface area contributed by atoms with Gasteiger partial charge in [0.25, 0.3) is 0 Å². The van der Waals surface area contributed by atoms with E-state index in [0.717, 1.165) is 6.08 Å². The Morgan fingerprint density at radius 1 is 1.32 bits per heavy atom. The molecule has 0 saturated carbocycles. The zero-order valence-electron chi connectivity index (χ0n) is 16.0. The average Bonchev–Trinajstić information content (AvgIpc) is 2.72. The second-order valence-electron chi connectivity index (χ2n) is 7.00. The molecule has 1 amide bonds. The van der Waals surface area contributed by atoms with Gasteiger partial charge in [0, 0.05) is 0 Å². The fourth-order valence-electron chi connectivity index (χ4n) is 2.37. The second-order valence-corrected chi connectivity index (χ2v) is 8.94. The molecule has 1 aliphatic rings. The third kappa shape index (κ3) is 5.78. The van der Waals surface area contributed by atoms with E-state index in [0.29, 0.717) is 0 Å². The lowest BCUT2D eigenvalue weighted by atomic mass is 10.2. The van der Waals surface area contributed by atoms with Crippen LogP contribution in [0.3, 0.4) is 0 Å². The van der Waals surface area contributed by atoms with Crippen molar-refractivity contribution in [2.45, 2.75) is 65.8 Å². The number of ether oxygens (including phenoxy) is 2. The van der Waals surface area contributed by atoms with Crippen LogP contribution in [0.15, 0.2) is 11.6 Å². The summed E-state index contributed by atoms with van der Waals surface area (Å²) in [4.78, 5) is 13.8. The predicted molar refractivity (Wildman–Crippen MR) is 91.9 cm³/mol. The molecule has 7 nitrogen and oxygen atoms in total. The lowest BCUT2D eigenvalue weighted by molar-refractivity contribution is -0.0610. The van der Waals surface area contributed by atoms with Crippen LogP contribution in [0.2, 0.25) is 0 Å². The highest BCUT2D eigenvalue weighted by molar-refractivity contribution is 7.58. The number of carbonyl (C=O) groups excluding carboxylic acids is 1. The first-order valence-electron chi connectivity index (χ1n) is 8.29. The number of halogens is 1. The quantitative estimate of drug-likeness (QED) is 0.634. The van der Waals surface area contributed by atoms with Gasteiger partial charge in [0.05, 0.1) is 25.9 Å². The van der Waals surface area contributed by atoms with Gasteiger partial charge in [0.15, 0.2) is 0 Å². The Morgan fingerprint density at radius 3 is 2.28 bits per heavy atom. The van der Waals surface area contributed by atoms with Gasteiger partial charge in [-0.1, -0.05) is 0 Å². The fourth-order valence-corrected chi connectivity index (χ4v) is 3.73. The van der Waals surface area contributed by atoms with Crippen molar-refractivity contribution < 1.29 is 32.3 Å². The van der Waals surface area contributed by atoms with Gasteiger partial charge < -0.3 is 18.5 Å². The zero-order chi connectivity index (χ0) is 19.5. The smallest absolute Gasteiger partial charge is 0.413 e. The van der Waals surface area contributed by atoms with Gasteiger partial charge >= 0.3 is 13.7 Å². The number of carbonyl (C=O) groups is 1. The number of hydrogen-bond donors (Lipinski definition) is 0. The minimum Gasteiger partial charge on any atom is -0.444 e. The molecule has 25 heavy (non-hydrogen) atoms. The summed E-state index contributed by atoms with van der Waals surface area (Å²) in [5, 5.41) is 0. The minimum atomic E-state index is -4.04. The van der Waals surface area contributed by atoms with Gasteiger partial charge in [-0.2, -0.15) is 4.39 Å². The van der Waals surface area contributed by atoms with Crippen molar-refractivity contribution >= 4 is 13.7 Å². The van der Waals surface area contributed by atoms with Gasteiger partial charge in [0.1, 0.15) is 11.3 Å². The summed E-state index contributed by atoms with van der Waals surface area (Å²) in [6.07, 6.45) is 0.400. The summed E-state index contributed by atoms with van der Waals surface area (Å²) >= 11 is 0. The first-order valence-corrected chi connectivity index (χ1v) is 9.84. The molecule has 0 bridgehead atoms. The molecule has 1 saturated heterocycles. The zero-order valence-corrected chi connectivity index (χ0v) is 16.9. The van der Waals surface area contributed by atoms with Crippen molar-refractivity contribution in [2.75, 3.05) is 19.8 Å². The monoisotopic (exact) mass is 381 g/mol. The van der Waals surface area contributed by atoms with Crippen LogP contribution in [0.4, 0.5) is 9.18 Å². The summed E-state index contributed by atoms with van der Waals surface area (Å²) in [6, 6.07) is -0.793. The molecule has 1 aliphatic heterocycles. The molecule has 1 heterocycles. The number of amides is 1. The van der Waals surface area contributed by atoms with Gasteiger partial charge in [-0.15, -0.1) is 0 Å². The molecule has 0 spiro atoms. The van der Waals surface area contributed by atoms with Crippen LogP contribution in [0.5, 0.6) is 0 Å². The van der Waals surface area contributed by atoms with E-state index in [1.54, 1.807) is 48.5 Å². The van der Waals surface area contributed by atoms with Gasteiger partial charge in [-0.3, -0.25) is 9.46 Å². The highest BCUT2D eigenvalue weighted by atomic mass is 31.2. The molecule has 0 N–H and O–H groups in total. The van der Waals surface area contributed by atoms with Gasteiger partial charge in [-0.05, 0) is 54.5 Å². The SMILES string of the molecule is CCOP(=O)(OCC)/C(F)=C/[C@H]1COC(C)(C)N1C(=O)OC(C)(C)C. The Balaban J connectivity index is 3.12. The molecule has 9 heteroatoms. The first-order chi connectivity index (χ1) is 11.4. The van der Waals surface area contributed by atoms with Gasteiger partial charge in [-0.25, -0.2) is 4.79 Å². The molecule has 0 aromatic carbocycles. The van der Waals surface area contributed by atoms with E-state index in [1.807, 2.05) is 0 Å². The Morgan fingerprint density at radius 2 is 1.84 bits per heavy atom. The molecule has 0 aromatic heterocycles. The molecular formula is C16H29FNO6P. The van der Waals surface area contributed by atoms with Crippen molar-refractivity contribution in [3.8, 4) is 0 Å². The maximum Gasteiger partial charge on any atom is 0.413 e. The largest absolute Gasteiger partial charge is 0.444 e. The van der Waals surface area contributed by atoms with Crippen LogP contribution in [0.25, 0.3) is 0 Å². The van der Waals surface area contributed by atoms with Crippen molar-refractivity contribution in [2.24, 2.45) is 0 Å². The molecule has 1 rings (SSSR count). The summed E-state index contributed by atoms with van der Waals surface area (Å²) in [6.45, 7) is 11.8. The molecule has 146 valence electrons. The van der Waals surface area contributed by atoms with Gasteiger partial charge in [0.2, 0.25) is 5.57 Å². The van der Waals surface area contributed by atoms with Crippen LogP contribution in [0.1, 0.15) is 48.5 Å². The van der Waals surface area contributed by atoms with E-state index < -0.39 is 36.6 Å². The summed E-state index contributed by atoms with van der Waals surface area (Å²) in [7, 11) is -4.04. The Kier molecular flexibility index (Phi) is 7.21. The normalized spacial score (nSPS) is 21.5. The molecule has 0 unspecified atom stereocenters. The van der Waals surface area contributed by atoms with Crippen LogP contribution in [-0.2, 0) is 23.1 Å². The number of nitrogens with zero attached hydrogens (tertiary/aromatic N) is 1. The number of rotatable bonds is 6. The lowest BCUT2D eigenvalue weighted by Gasteiger charge is -2.34. The van der Waals surface area contributed by atoms with E-state index in [4.69, 9.17) is 18.5 Å². The molecule has 0 aromatic rings. The summed E-state index contributed by atoms with van der Waals surface area (Å²) < 4.78 is 48.0. The van der Waals surface area contributed by atoms with Crippen molar-refractivity contribution in [3.05, 3.63) is 11.6 Å². The van der Waals surface area contributed by atoms with E-state index in [2.05, 4.69) is 0 Å². The third-order valence-corrected chi connectivity index (χ3v) is 5.17. The van der Waals surface area contributed by atoms with Crippen LogP contribution in [0, 0.1) is 0 Å². The van der Waals surface area contributed by atoms with Crippen LogP contribution < -0.4 is 0 Å². The predicted octanol–water partition coefficient (Wildman–Crippen LogP) is 4.44. The Hall–Kier alpha value is -0.950. The average molecular weight is 381 g/mol. The van der Waals surface area contributed by atoms with Crippen LogP contribution >= 0.6 is 7.60 Å². The molecule has 0 radical (unpaired) electrons. The number of hydrogen-bond acceptors (Lipinski definition) is 6. The first kappa shape index (κ1) is 22.1. The molecule has 0 aliphatic carbocycles. The van der Waals surface area contributed by atoms with Crippen LogP contribution in [-0.4, -0.2) is 48.2 Å². The van der Waals surface area contributed by atoms with E-state index in [9.17, 15) is 13.8 Å². The topological polar surface area (TPSA) is 74.3 Å². The molecular weight excluding hydrogens is 352 g/mol. The second kappa shape index (κ2) is 8.16. The highest BCUT2D eigenvalue weighted by Gasteiger charge is 2.46. The van der Waals surface area contributed by atoms with Crippen molar-refractivity contribution in [3.63, 3.8) is 0 Å². The Labute approximate surface area is 149 Å². The molecule has 1 fully saturated rings. The third-order valence-electron chi connectivity index (χ3n) is 3.30. The maximum atomic E-state index is 14.6. The lowest BCUT2D eigenvalue weighted by Crippen LogP contribution is -2.49.